The van der Waals surface area contributed by atoms with Gasteiger partial charge in [-0.25, -0.2) is 0 Å². The van der Waals surface area contributed by atoms with Gasteiger partial charge >= 0.3 is 0 Å². The van der Waals surface area contributed by atoms with Crippen molar-refractivity contribution in [3.8, 4) is 0 Å². The van der Waals surface area contributed by atoms with Crippen LogP contribution < -0.4 is 5.73 Å². The van der Waals surface area contributed by atoms with Gasteiger partial charge in [-0.2, -0.15) is 0 Å². The zero-order valence-corrected chi connectivity index (χ0v) is 7.76. The smallest absolute Gasteiger partial charge is 0.146 e. The SMILES string of the molecule is CCCC(CC)C(N)C(C)=O. The third-order valence-electron chi connectivity index (χ3n) is 2.16. The van der Waals surface area contributed by atoms with Crippen LogP contribution in [0.3, 0.4) is 0 Å². The second kappa shape index (κ2) is 5.30. The maximum Gasteiger partial charge on any atom is 0.146 e. The number of ketones is 1. The van der Waals surface area contributed by atoms with Gasteiger partial charge in [0.1, 0.15) is 5.78 Å². The highest BCUT2D eigenvalue weighted by Gasteiger charge is 2.18. The van der Waals surface area contributed by atoms with Gasteiger partial charge in [-0.15, -0.1) is 0 Å². The first kappa shape index (κ1) is 10.6. The average molecular weight is 157 g/mol. The van der Waals surface area contributed by atoms with E-state index < -0.39 is 0 Å². The molecule has 0 aliphatic heterocycles. The van der Waals surface area contributed by atoms with Crippen LogP contribution in [0.25, 0.3) is 0 Å². The molecule has 0 spiro atoms. The summed E-state index contributed by atoms with van der Waals surface area (Å²) in [5.74, 6) is 0.503. The lowest BCUT2D eigenvalue weighted by atomic mass is 9.91. The molecule has 0 amide bonds. The molecule has 2 N–H and O–H groups in total. The van der Waals surface area contributed by atoms with Crippen molar-refractivity contribution >= 4 is 5.78 Å². The van der Waals surface area contributed by atoms with Crippen molar-refractivity contribution in [3.63, 3.8) is 0 Å². The summed E-state index contributed by atoms with van der Waals surface area (Å²) in [4.78, 5) is 10.9. The van der Waals surface area contributed by atoms with E-state index in [1.54, 1.807) is 6.92 Å². The minimum atomic E-state index is -0.236. The van der Waals surface area contributed by atoms with Gasteiger partial charge in [0.05, 0.1) is 6.04 Å². The highest BCUT2D eigenvalue weighted by atomic mass is 16.1. The van der Waals surface area contributed by atoms with E-state index >= 15 is 0 Å². The fourth-order valence-corrected chi connectivity index (χ4v) is 1.34. The molecule has 0 aromatic heterocycles. The molecule has 0 rings (SSSR count). The summed E-state index contributed by atoms with van der Waals surface area (Å²) in [5.41, 5.74) is 5.71. The number of carbonyl (C=O) groups excluding carboxylic acids is 1. The van der Waals surface area contributed by atoms with Crippen molar-refractivity contribution in [1.82, 2.24) is 0 Å². The van der Waals surface area contributed by atoms with Crippen LogP contribution in [-0.2, 0) is 4.79 Å². The van der Waals surface area contributed by atoms with Crippen molar-refractivity contribution < 1.29 is 4.79 Å². The molecular formula is C9H19NO. The molecule has 2 nitrogen and oxygen atoms in total. The molecule has 0 bridgehead atoms. The van der Waals surface area contributed by atoms with Crippen molar-refractivity contribution in [3.05, 3.63) is 0 Å². The molecule has 0 aromatic rings. The number of rotatable bonds is 5. The van der Waals surface area contributed by atoms with E-state index in [2.05, 4.69) is 13.8 Å². The summed E-state index contributed by atoms with van der Waals surface area (Å²) in [5, 5.41) is 0. The van der Waals surface area contributed by atoms with Gasteiger partial charge < -0.3 is 5.73 Å². The molecule has 11 heavy (non-hydrogen) atoms. The quantitative estimate of drug-likeness (QED) is 0.660. The number of hydrogen-bond donors (Lipinski definition) is 1. The van der Waals surface area contributed by atoms with Gasteiger partial charge in [0.2, 0.25) is 0 Å². The summed E-state index contributed by atoms with van der Waals surface area (Å²) >= 11 is 0. The molecular weight excluding hydrogens is 138 g/mol. The molecule has 0 saturated heterocycles. The summed E-state index contributed by atoms with van der Waals surface area (Å²) in [6, 6.07) is -0.236. The molecule has 0 heterocycles. The van der Waals surface area contributed by atoms with E-state index in [9.17, 15) is 4.79 Å². The Kier molecular flexibility index (Phi) is 5.12. The topological polar surface area (TPSA) is 43.1 Å². The van der Waals surface area contributed by atoms with Crippen molar-refractivity contribution in [2.24, 2.45) is 11.7 Å². The molecule has 0 fully saturated rings. The minimum absolute atomic E-state index is 0.116. The maximum atomic E-state index is 10.9. The fourth-order valence-electron chi connectivity index (χ4n) is 1.34. The normalized spacial score (nSPS) is 16.0. The summed E-state index contributed by atoms with van der Waals surface area (Å²) < 4.78 is 0. The van der Waals surface area contributed by atoms with Crippen LogP contribution in [0.5, 0.6) is 0 Å². The van der Waals surface area contributed by atoms with E-state index in [-0.39, 0.29) is 11.8 Å². The Morgan fingerprint density at radius 1 is 1.45 bits per heavy atom. The monoisotopic (exact) mass is 157 g/mol. The first-order valence-corrected chi connectivity index (χ1v) is 4.39. The van der Waals surface area contributed by atoms with E-state index in [0.29, 0.717) is 5.92 Å². The average Bonchev–Trinajstić information content (AvgIpc) is 1.98. The van der Waals surface area contributed by atoms with E-state index in [0.717, 1.165) is 19.3 Å². The highest BCUT2D eigenvalue weighted by molar-refractivity contribution is 5.81. The molecule has 0 aliphatic rings. The molecule has 2 heteroatoms. The molecule has 0 aliphatic carbocycles. The minimum Gasteiger partial charge on any atom is -0.321 e. The third-order valence-corrected chi connectivity index (χ3v) is 2.16. The van der Waals surface area contributed by atoms with Crippen molar-refractivity contribution in [1.29, 1.82) is 0 Å². The number of Topliss-reactive ketones (excluding diaryl/α,β-unsaturated/α-hetero) is 1. The van der Waals surface area contributed by atoms with E-state index in [4.69, 9.17) is 5.73 Å². The predicted octanol–water partition coefficient (Wildman–Crippen LogP) is 1.73. The van der Waals surface area contributed by atoms with Crippen LogP contribution in [0.2, 0.25) is 0 Å². The molecule has 0 saturated carbocycles. The number of hydrogen-bond acceptors (Lipinski definition) is 2. The Labute approximate surface area is 69.2 Å². The highest BCUT2D eigenvalue weighted by Crippen LogP contribution is 2.14. The Bertz CT molecular complexity index is 123. The molecule has 0 radical (unpaired) electrons. The lowest BCUT2D eigenvalue weighted by molar-refractivity contribution is -0.119. The van der Waals surface area contributed by atoms with Gasteiger partial charge in [-0.05, 0) is 19.3 Å². The molecule has 66 valence electrons. The lowest BCUT2D eigenvalue weighted by Gasteiger charge is -2.18. The summed E-state index contributed by atoms with van der Waals surface area (Å²) in [7, 11) is 0. The molecule has 2 atom stereocenters. The van der Waals surface area contributed by atoms with Crippen LogP contribution in [0.4, 0.5) is 0 Å². The first-order valence-electron chi connectivity index (χ1n) is 4.39. The summed E-state index contributed by atoms with van der Waals surface area (Å²) in [6.07, 6.45) is 3.19. The van der Waals surface area contributed by atoms with Crippen LogP contribution in [0.1, 0.15) is 40.0 Å². The van der Waals surface area contributed by atoms with Crippen LogP contribution in [-0.4, -0.2) is 11.8 Å². The zero-order valence-electron chi connectivity index (χ0n) is 7.76. The van der Waals surface area contributed by atoms with Crippen molar-refractivity contribution in [2.75, 3.05) is 0 Å². The van der Waals surface area contributed by atoms with Gasteiger partial charge in [0.25, 0.3) is 0 Å². The largest absolute Gasteiger partial charge is 0.321 e. The maximum absolute atomic E-state index is 10.9. The Morgan fingerprint density at radius 2 is 2.00 bits per heavy atom. The third kappa shape index (κ3) is 3.51. The van der Waals surface area contributed by atoms with Gasteiger partial charge in [-0.3, -0.25) is 4.79 Å². The predicted molar refractivity (Wildman–Crippen MR) is 47.3 cm³/mol. The fraction of sp³-hybridized carbons (Fsp3) is 0.889. The standard InChI is InChI=1S/C9H19NO/c1-4-6-8(5-2)9(10)7(3)11/h8-9H,4-6,10H2,1-3H3. The van der Waals surface area contributed by atoms with Gasteiger partial charge in [-0.1, -0.05) is 26.7 Å². The Balaban J connectivity index is 3.91. The van der Waals surface area contributed by atoms with Crippen LogP contribution in [0.15, 0.2) is 0 Å². The Morgan fingerprint density at radius 3 is 2.27 bits per heavy atom. The number of nitrogens with two attached hydrogens (primary N) is 1. The zero-order chi connectivity index (χ0) is 8.85. The lowest BCUT2D eigenvalue weighted by Crippen LogP contribution is -2.36. The van der Waals surface area contributed by atoms with Crippen LogP contribution in [0, 0.1) is 5.92 Å². The number of carbonyl (C=O) groups is 1. The van der Waals surface area contributed by atoms with Gasteiger partial charge in [0.15, 0.2) is 0 Å². The van der Waals surface area contributed by atoms with Crippen LogP contribution >= 0.6 is 0 Å². The summed E-state index contributed by atoms with van der Waals surface area (Å²) in [6.45, 7) is 5.78. The Hall–Kier alpha value is -0.370. The van der Waals surface area contributed by atoms with Crippen molar-refractivity contribution in [2.45, 2.75) is 46.1 Å². The van der Waals surface area contributed by atoms with E-state index in [1.165, 1.54) is 0 Å². The molecule has 2 unspecified atom stereocenters. The second-order valence-corrected chi connectivity index (χ2v) is 3.09. The molecule has 0 aromatic carbocycles. The first-order chi connectivity index (χ1) is 5.13. The van der Waals surface area contributed by atoms with E-state index in [1.807, 2.05) is 0 Å². The van der Waals surface area contributed by atoms with Gasteiger partial charge in [0, 0.05) is 0 Å². The second-order valence-electron chi connectivity index (χ2n) is 3.09.